The molecule has 2 rings (SSSR count). The molecule has 5 heteroatoms. The molecule has 0 heterocycles. The normalized spacial score (nSPS) is 14.2. The standard InChI is InChI=1S/C15H23N3O2/c1-10(2)20-14-8-12(6-7-13(14)16)18(3)9-15(19)17-11-4-5-11/h6-8,10-11H,4-5,9,16H2,1-3H3,(H,17,19). The van der Waals surface area contributed by atoms with Gasteiger partial charge in [-0.1, -0.05) is 0 Å². The second-order valence-corrected chi connectivity index (χ2v) is 5.59. The lowest BCUT2D eigenvalue weighted by molar-refractivity contribution is -0.119. The summed E-state index contributed by atoms with van der Waals surface area (Å²) in [4.78, 5) is 13.7. The highest BCUT2D eigenvalue weighted by Gasteiger charge is 2.23. The summed E-state index contributed by atoms with van der Waals surface area (Å²) in [6.07, 6.45) is 2.27. The van der Waals surface area contributed by atoms with Crippen LogP contribution in [0, 0.1) is 0 Å². The van der Waals surface area contributed by atoms with Gasteiger partial charge in [-0.25, -0.2) is 0 Å². The van der Waals surface area contributed by atoms with Crippen LogP contribution in [-0.4, -0.2) is 31.6 Å². The zero-order valence-electron chi connectivity index (χ0n) is 12.3. The van der Waals surface area contributed by atoms with E-state index in [1.54, 1.807) is 0 Å². The second kappa shape index (κ2) is 6.03. The van der Waals surface area contributed by atoms with Crippen LogP contribution in [0.1, 0.15) is 26.7 Å². The van der Waals surface area contributed by atoms with E-state index in [2.05, 4.69) is 5.32 Å². The monoisotopic (exact) mass is 277 g/mol. The highest BCUT2D eigenvalue weighted by Crippen LogP contribution is 2.28. The molecule has 3 N–H and O–H groups in total. The van der Waals surface area contributed by atoms with Crippen LogP contribution in [0.25, 0.3) is 0 Å². The largest absolute Gasteiger partial charge is 0.489 e. The number of rotatable bonds is 6. The van der Waals surface area contributed by atoms with Gasteiger partial charge in [0.1, 0.15) is 5.75 Å². The summed E-state index contributed by atoms with van der Waals surface area (Å²) in [5, 5.41) is 2.98. The van der Waals surface area contributed by atoms with Crippen LogP contribution in [0.15, 0.2) is 18.2 Å². The Kier molecular flexibility index (Phi) is 4.37. The molecule has 110 valence electrons. The van der Waals surface area contributed by atoms with Crippen molar-refractivity contribution in [1.29, 1.82) is 0 Å². The molecule has 0 aliphatic heterocycles. The smallest absolute Gasteiger partial charge is 0.239 e. The van der Waals surface area contributed by atoms with Crippen molar-refractivity contribution in [3.8, 4) is 5.75 Å². The van der Waals surface area contributed by atoms with Gasteiger partial charge in [-0.3, -0.25) is 4.79 Å². The zero-order valence-corrected chi connectivity index (χ0v) is 12.3. The maximum Gasteiger partial charge on any atom is 0.239 e. The summed E-state index contributed by atoms with van der Waals surface area (Å²) in [6.45, 7) is 4.25. The van der Waals surface area contributed by atoms with Crippen molar-refractivity contribution >= 4 is 17.3 Å². The molecule has 0 atom stereocenters. The van der Waals surface area contributed by atoms with Crippen molar-refractivity contribution in [2.45, 2.75) is 38.8 Å². The Labute approximate surface area is 120 Å². The molecule has 0 radical (unpaired) electrons. The third kappa shape index (κ3) is 4.05. The molecule has 1 aliphatic rings. The fourth-order valence-electron chi connectivity index (χ4n) is 1.92. The predicted molar refractivity (Wildman–Crippen MR) is 81.1 cm³/mol. The lowest BCUT2D eigenvalue weighted by atomic mass is 10.2. The van der Waals surface area contributed by atoms with Crippen molar-refractivity contribution in [1.82, 2.24) is 5.32 Å². The van der Waals surface area contributed by atoms with Gasteiger partial charge in [-0.2, -0.15) is 0 Å². The Bertz CT molecular complexity index is 484. The van der Waals surface area contributed by atoms with Crippen molar-refractivity contribution in [3.63, 3.8) is 0 Å². The molecule has 1 aromatic rings. The summed E-state index contributed by atoms with van der Waals surface area (Å²) >= 11 is 0. The topological polar surface area (TPSA) is 67.6 Å². The number of amides is 1. The first-order chi connectivity index (χ1) is 9.45. The van der Waals surface area contributed by atoms with E-state index in [1.165, 1.54) is 0 Å². The molecule has 0 unspecified atom stereocenters. The highest BCUT2D eigenvalue weighted by atomic mass is 16.5. The molecule has 0 spiro atoms. The van der Waals surface area contributed by atoms with Crippen LogP contribution >= 0.6 is 0 Å². The third-order valence-corrected chi connectivity index (χ3v) is 3.12. The number of hydrogen-bond donors (Lipinski definition) is 2. The van der Waals surface area contributed by atoms with E-state index < -0.39 is 0 Å². The van der Waals surface area contributed by atoms with Crippen LogP contribution in [0.4, 0.5) is 11.4 Å². The Morgan fingerprint density at radius 1 is 1.50 bits per heavy atom. The highest BCUT2D eigenvalue weighted by molar-refractivity contribution is 5.82. The molecule has 1 aromatic carbocycles. The molecule has 0 saturated heterocycles. The lowest BCUT2D eigenvalue weighted by Gasteiger charge is -2.21. The van der Waals surface area contributed by atoms with Gasteiger partial charge in [0, 0.05) is 24.8 Å². The zero-order chi connectivity index (χ0) is 14.7. The summed E-state index contributed by atoms with van der Waals surface area (Å²) < 4.78 is 5.66. The van der Waals surface area contributed by atoms with E-state index in [1.807, 2.05) is 44.0 Å². The van der Waals surface area contributed by atoms with E-state index in [0.717, 1.165) is 18.5 Å². The number of nitrogens with one attached hydrogen (secondary N) is 1. The first-order valence-corrected chi connectivity index (χ1v) is 7.02. The molecule has 1 fully saturated rings. The van der Waals surface area contributed by atoms with Gasteiger partial charge < -0.3 is 20.7 Å². The summed E-state index contributed by atoms with van der Waals surface area (Å²) in [5.41, 5.74) is 7.42. The number of benzene rings is 1. The first-order valence-electron chi connectivity index (χ1n) is 7.02. The molecule has 20 heavy (non-hydrogen) atoms. The molecular weight excluding hydrogens is 254 g/mol. The average molecular weight is 277 g/mol. The van der Waals surface area contributed by atoms with Crippen molar-refractivity contribution < 1.29 is 9.53 Å². The summed E-state index contributed by atoms with van der Waals surface area (Å²) in [6, 6.07) is 5.97. The Morgan fingerprint density at radius 2 is 2.20 bits per heavy atom. The molecule has 0 bridgehead atoms. The van der Waals surface area contributed by atoms with Crippen molar-refractivity contribution in [3.05, 3.63) is 18.2 Å². The van der Waals surface area contributed by atoms with Crippen LogP contribution in [0.5, 0.6) is 5.75 Å². The van der Waals surface area contributed by atoms with Crippen LogP contribution in [-0.2, 0) is 4.79 Å². The third-order valence-electron chi connectivity index (χ3n) is 3.12. The minimum atomic E-state index is 0.0538. The fraction of sp³-hybridized carbons (Fsp3) is 0.533. The van der Waals surface area contributed by atoms with Crippen molar-refractivity contribution in [2.75, 3.05) is 24.2 Å². The summed E-state index contributed by atoms with van der Waals surface area (Å²) in [5.74, 6) is 0.713. The van der Waals surface area contributed by atoms with Gasteiger partial charge >= 0.3 is 0 Å². The van der Waals surface area contributed by atoms with Gasteiger partial charge in [0.2, 0.25) is 5.91 Å². The van der Waals surface area contributed by atoms with Crippen LogP contribution < -0.4 is 20.7 Å². The second-order valence-electron chi connectivity index (χ2n) is 5.59. The Balaban J connectivity index is 2.00. The minimum Gasteiger partial charge on any atom is -0.489 e. The first kappa shape index (κ1) is 14.5. The quantitative estimate of drug-likeness (QED) is 0.778. The van der Waals surface area contributed by atoms with E-state index in [0.29, 0.717) is 24.0 Å². The van der Waals surface area contributed by atoms with Gasteiger partial charge in [0.25, 0.3) is 0 Å². The van der Waals surface area contributed by atoms with Gasteiger partial charge in [0.05, 0.1) is 18.3 Å². The number of anilines is 2. The van der Waals surface area contributed by atoms with E-state index >= 15 is 0 Å². The minimum absolute atomic E-state index is 0.0538. The number of likely N-dealkylation sites (N-methyl/N-ethyl adjacent to an activating group) is 1. The van der Waals surface area contributed by atoms with E-state index in [9.17, 15) is 4.79 Å². The van der Waals surface area contributed by atoms with E-state index in [4.69, 9.17) is 10.5 Å². The number of carbonyl (C=O) groups is 1. The van der Waals surface area contributed by atoms with Gasteiger partial charge in [-0.05, 0) is 38.8 Å². The number of nitrogen functional groups attached to an aromatic ring is 1. The van der Waals surface area contributed by atoms with Gasteiger partial charge in [-0.15, -0.1) is 0 Å². The molecule has 1 amide bonds. The molecule has 1 saturated carbocycles. The molecule has 1 aliphatic carbocycles. The van der Waals surface area contributed by atoms with E-state index in [-0.39, 0.29) is 12.0 Å². The fourth-order valence-corrected chi connectivity index (χ4v) is 1.92. The lowest BCUT2D eigenvalue weighted by Crippen LogP contribution is -2.36. The Hall–Kier alpha value is -1.91. The number of ether oxygens (including phenoxy) is 1. The SMILES string of the molecule is CC(C)Oc1cc(N(C)CC(=O)NC2CC2)ccc1N. The summed E-state index contributed by atoms with van der Waals surface area (Å²) in [7, 11) is 1.89. The van der Waals surface area contributed by atoms with Crippen LogP contribution in [0.3, 0.4) is 0 Å². The van der Waals surface area contributed by atoms with Gasteiger partial charge in [0.15, 0.2) is 0 Å². The number of hydrogen-bond acceptors (Lipinski definition) is 4. The maximum absolute atomic E-state index is 11.8. The van der Waals surface area contributed by atoms with Crippen molar-refractivity contribution in [2.24, 2.45) is 0 Å². The Morgan fingerprint density at radius 3 is 2.80 bits per heavy atom. The predicted octanol–water partition coefficient (Wildman–Crippen LogP) is 1.77. The molecule has 5 nitrogen and oxygen atoms in total. The van der Waals surface area contributed by atoms with Crippen LogP contribution in [0.2, 0.25) is 0 Å². The number of carbonyl (C=O) groups excluding carboxylic acids is 1. The maximum atomic E-state index is 11.8. The average Bonchev–Trinajstić information content (AvgIpc) is 3.14. The molecular formula is C15H23N3O2. The molecule has 0 aromatic heterocycles. The number of nitrogens with zero attached hydrogens (tertiary/aromatic N) is 1. The number of nitrogens with two attached hydrogens (primary N) is 1.